The highest BCUT2D eigenvalue weighted by atomic mass is 16.6. The van der Waals surface area contributed by atoms with Gasteiger partial charge in [-0.25, -0.2) is 0 Å². The number of esters is 1. The van der Waals surface area contributed by atoms with E-state index < -0.39 is 29.4 Å². The Hall–Kier alpha value is -2.04. The lowest BCUT2D eigenvalue weighted by atomic mass is 9.83. The van der Waals surface area contributed by atoms with Gasteiger partial charge in [-0.05, 0) is 51.7 Å². The molecule has 140 valence electrons. The highest BCUT2D eigenvalue weighted by molar-refractivity contribution is 5.81. The first-order valence-electron chi connectivity index (χ1n) is 8.73. The summed E-state index contributed by atoms with van der Waals surface area (Å²) >= 11 is 0. The van der Waals surface area contributed by atoms with Crippen molar-refractivity contribution >= 4 is 11.9 Å². The van der Waals surface area contributed by atoms with E-state index >= 15 is 0 Å². The van der Waals surface area contributed by atoms with E-state index in [0.29, 0.717) is 18.6 Å². The van der Waals surface area contributed by atoms with Gasteiger partial charge in [0.05, 0.1) is 18.4 Å². The first kappa shape index (κ1) is 21.0. The van der Waals surface area contributed by atoms with Crippen molar-refractivity contribution in [2.45, 2.75) is 53.1 Å². The normalized spacial score (nSPS) is 14.0. The van der Waals surface area contributed by atoms with E-state index in [0.717, 1.165) is 0 Å². The Labute approximate surface area is 150 Å². The van der Waals surface area contributed by atoms with Crippen LogP contribution in [0.3, 0.4) is 0 Å². The van der Waals surface area contributed by atoms with Crippen LogP contribution in [0.4, 0.5) is 0 Å². The second kappa shape index (κ2) is 9.44. The summed E-state index contributed by atoms with van der Waals surface area (Å²) in [5.41, 5.74) is -0.656. The molecule has 0 bridgehead atoms. The van der Waals surface area contributed by atoms with Gasteiger partial charge in [0.25, 0.3) is 0 Å². The van der Waals surface area contributed by atoms with E-state index in [1.165, 1.54) is 0 Å². The van der Waals surface area contributed by atoms with E-state index in [-0.39, 0.29) is 12.5 Å². The Kier molecular flexibility index (Phi) is 7.94. The Balaban J connectivity index is 2.85. The maximum Gasteiger partial charge on any atom is 0.310 e. The summed E-state index contributed by atoms with van der Waals surface area (Å²) < 4.78 is 11.1. The van der Waals surface area contributed by atoms with Gasteiger partial charge in [0.1, 0.15) is 11.4 Å². The summed E-state index contributed by atoms with van der Waals surface area (Å²) in [5, 5.41) is 9.61. The smallest absolute Gasteiger partial charge is 0.310 e. The molecule has 2 atom stereocenters. The molecule has 1 rings (SSSR count). The average Bonchev–Trinajstić information content (AvgIpc) is 2.48. The van der Waals surface area contributed by atoms with Crippen LogP contribution in [0.15, 0.2) is 30.3 Å². The van der Waals surface area contributed by atoms with Gasteiger partial charge in [-0.1, -0.05) is 32.0 Å². The van der Waals surface area contributed by atoms with Crippen LogP contribution in [0.5, 0.6) is 5.75 Å². The number of para-hydroxylation sites is 1. The number of carbonyl (C=O) groups excluding carboxylic acids is 1. The fourth-order valence-corrected chi connectivity index (χ4v) is 2.63. The zero-order chi connectivity index (χ0) is 19.0. The van der Waals surface area contributed by atoms with Gasteiger partial charge in [-0.15, -0.1) is 0 Å². The minimum Gasteiger partial charge on any atom is -0.494 e. The van der Waals surface area contributed by atoms with Gasteiger partial charge < -0.3 is 14.6 Å². The maximum atomic E-state index is 12.6. The third kappa shape index (κ3) is 8.05. The Bertz CT molecular complexity index is 545. The van der Waals surface area contributed by atoms with Crippen LogP contribution >= 0.6 is 0 Å². The molecule has 1 N–H and O–H groups in total. The van der Waals surface area contributed by atoms with Gasteiger partial charge >= 0.3 is 11.9 Å². The van der Waals surface area contributed by atoms with Gasteiger partial charge in [0.15, 0.2) is 0 Å². The molecule has 0 unspecified atom stereocenters. The number of aliphatic carboxylic acids is 1. The highest BCUT2D eigenvalue weighted by Crippen LogP contribution is 2.27. The summed E-state index contributed by atoms with van der Waals surface area (Å²) in [7, 11) is 0. The zero-order valence-corrected chi connectivity index (χ0v) is 15.8. The van der Waals surface area contributed by atoms with Crippen molar-refractivity contribution in [2.75, 3.05) is 6.61 Å². The quantitative estimate of drug-likeness (QED) is 0.677. The van der Waals surface area contributed by atoms with Crippen LogP contribution < -0.4 is 4.74 Å². The molecule has 0 spiro atoms. The van der Waals surface area contributed by atoms with E-state index in [9.17, 15) is 14.7 Å². The molecule has 0 saturated carbocycles. The number of hydrogen-bond acceptors (Lipinski definition) is 4. The summed E-state index contributed by atoms with van der Waals surface area (Å²) in [5.74, 6) is -2.10. The first-order valence-corrected chi connectivity index (χ1v) is 8.73. The molecule has 5 heteroatoms. The zero-order valence-electron chi connectivity index (χ0n) is 15.8. The molecule has 0 saturated heterocycles. The molecule has 0 aliphatic rings. The average molecular weight is 350 g/mol. The molecule has 0 fully saturated rings. The maximum absolute atomic E-state index is 12.6. The first-order chi connectivity index (χ1) is 11.6. The largest absolute Gasteiger partial charge is 0.494 e. The Morgan fingerprint density at radius 2 is 1.68 bits per heavy atom. The minimum atomic E-state index is -0.968. The molecule has 5 nitrogen and oxygen atoms in total. The molecular weight excluding hydrogens is 320 g/mol. The predicted octanol–water partition coefficient (Wildman–Crippen LogP) is 4.16. The van der Waals surface area contributed by atoms with Crippen molar-refractivity contribution < 1.29 is 24.2 Å². The van der Waals surface area contributed by atoms with Crippen LogP contribution in [0.25, 0.3) is 0 Å². The van der Waals surface area contributed by atoms with Gasteiger partial charge in [0, 0.05) is 0 Å². The third-order valence-electron chi connectivity index (χ3n) is 3.68. The summed E-state index contributed by atoms with van der Waals surface area (Å²) in [6, 6.07) is 9.26. The molecule has 25 heavy (non-hydrogen) atoms. The van der Waals surface area contributed by atoms with Gasteiger partial charge in [-0.2, -0.15) is 0 Å². The Morgan fingerprint density at radius 1 is 1.08 bits per heavy atom. The van der Waals surface area contributed by atoms with Crippen LogP contribution in [0.2, 0.25) is 0 Å². The lowest BCUT2D eigenvalue weighted by Crippen LogP contribution is -2.37. The number of carboxylic acids is 1. The molecule has 0 aliphatic carbocycles. The van der Waals surface area contributed by atoms with Crippen molar-refractivity contribution in [1.82, 2.24) is 0 Å². The minimum absolute atomic E-state index is 0.168. The molecular formula is C20H30O5. The fraction of sp³-hybridized carbons (Fsp3) is 0.600. The number of benzene rings is 1. The third-order valence-corrected chi connectivity index (χ3v) is 3.68. The molecule has 0 heterocycles. The predicted molar refractivity (Wildman–Crippen MR) is 96.5 cm³/mol. The van der Waals surface area contributed by atoms with Crippen molar-refractivity contribution in [1.29, 1.82) is 0 Å². The molecule has 1 aromatic carbocycles. The SMILES string of the molecule is CC(C)C[C@@H](C(=O)O)[C@H](CCOc1ccccc1)C(=O)OC(C)(C)C. The molecule has 0 aromatic heterocycles. The van der Waals surface area contributed by atoms with E-state index in [1.807, 2.05) is 44.2 Å². The Morgan fingerprint density at radius 3 is 2.16 bits per heavy atom. The molecule has 0 aliphatic heterocycles. The van der Waals surface area contributed by atoms with E-state index in [4.69, 9.17) is 9.47 Å². The van der Waals surface area contributed by atoms with Crippen molar-refractivity contribution in [2.24, 2.45) is 17.8 Å². The highest BCUT2D eigenvalue weighted by Gasteiger charge is 2.36. The second-order valence-corrected chi connectivity index (χ2v) is 7.66. The number of carbonyl (C=O) groups is 2. The molecule has 1 aromatic rings. The lowest BCUT2D eigenvalue weighted by molar-refractivity contribution is -0.167. The topological polar surface area (TPSA) is 72.8 Å². The van der Waals surface area contributed by atoms with Gasteiger partial charge in [0.2, 0.25) is 0 Å². The van der Waals surface area contributed by atoms with Crippen molar-refractivity contribution in [3.05, 3.63) is 30.3 Å². The number of ether oxygens (including phenoxy) is 2. The van der Waals surface area contributed by atoms with E-state index in [2.05, 4.69) is 0 Å². The molecule has 0 radical (unpaired) electrons. The second-order valence-electron chi connectivity index (χ2n) is 7.66. The van der Waals surface area contributed by atoms with Crippen LogP contribution in [-0.2, 0) is 14.3 Å². The van der Waals surface area contributed by atoms with Crippen molar-refractivity contribution in [3.8, 4) is 5.75 Å². The lowest BCUT2D eigenvalue weighted by Gasteiger charge is -2.28. The van der Waals surface area contributed by atoms with Gasteiger partial charge in [-0.3, -0.25) is 9.59 Å². The number of rotatable bonds is 9. The fourth-order valence-electron chi connectivity index (χ4n) is 2.63. The summed E-state index contributed by atoms with van der Waals surface area (Å²) in [6.45, 7) is 9.49. The monoisotopic (exact) mass is 350 g/mol. The summed E-state index contributed by atoms with van der Waals surface area (Å²) in [4.78, 5) is 24.3. The van der Waals surface area contributed by atoms with Crippen LogP contribution in [-0.4, -0.2) is 29.3 Å². The van der Waals surface area contributed by atoms with Crippen LogP contribution in [0, 0.1) is 17.8 Å². The molecule has 0 amide bonds. The van der Waals surface area contributed by atoms with E-state index in [1.54, 1.807) is 20.8 Å². The summed E-state index contributed by atoms with van der Waals surface area (Å²) in [6.07, 6.45) is 0.720. The van der Waals surface area contributed by atoms with Crippen molar-refractivity contribution in [3.63, 3.8) is 0 Å². The number of carboxylic acid groups (broad SMARTS) is 1. The standard InChI is InChI=1S/C20H30O5/c1-14(2)13-17(18(21)22)16(19(23)25-20(3,4)5)11-12-24-15-9-7-6-8-10-15/h6-10,14,16-17H,11-13H2,1-5H3,(H,21,22)/t16-,17+/m0/s1. The van der Waals surface area contributed by atoms with Crippen LogP contribution in [0.1, 0.15) is 47.5 Å². The number of hydrogen-bond donors (Lipinski definition) is 1.